The van der Waals surface area contributed by atoms with E-state index in [4.69, 9.17) is 10.5 Å². The second kappa shape index (κ2) is 8.38. The second-order valence-corrected chi connectivity index (χ2v) is 7.41. The zero-order valence-corrected chi connectivity index (χ0v) is 15.8. The van der Waals surface area contributed by atoms with Gasteiger partial charge in [0.25, 0.3) is 0 Å². The molecule has 0 atom stereocenters. The van der Waals surface area contributed by atoms with Gasteiger partial charge < -0.3 is 20.8 Å². The molecule has 140 valence electrons. The lowest BCUT2D eigenvalue weighted by molar-refractivity contribution is 0.298. The van der Waals surface area contributed by atoms with Gasteiger partial charge in [-0.15, -0.1) is 0 Å². The fourth-order valence-electron chi connectivity index (χ4n) is 2.63. The zero-order valence-electron chi connectivity index (χ0n) is 15.8. The predicted molar refractivity (Wildman–Crippen MR) is 102 cm³/mol. The van der Waals surface area contributed by atoms with Crippen LogP contribution in [0.3, 0.4) is 0 Å². The number of unbranched alkanes of at least 4 members (excludes halogenated alkanes) is 2. The summed E-state index contributed by atoms with van der Waals surface area (Å²) >= 11 is 0. The summed E-state index contributed by atoms with van der Waals surface area (Å²) in [4.78, 5) is 19.3. The van der Waals surface area contributed by atoms with Gasteiger partial charge in [0.15, 0.2) is 5.82 Å². The molecular formula is C18H31N5O2. The fraction of sp³-hybridized carbons (Fsp3) is 0.667. The average molecular weight is 349 g/mol. The van der Waals surface area contributed by atoms with Gasteiger partial charge in [0, 0.05) is 18.2 Å². The average Bonchev–Trinajstić information content (AvgIpc) is 2.83. The topological polar surface area (TPSA) is 98.0 Å². The lowest BCUT2D eigenvalue weighted by Crippen LogP contribution is -2.36. The molecule has 0 unspecified atom stereocenters. The van der Waals surface area contributed by atoms with E-state index in [0.29, 0.717) is 30.4 Å². The van der Waals surface area contributed by atoms with E-state index >= 15 is 0 Å². The molecule has 0 spiro atoms. The van der Waals surface area contributed by atoms with Crippen molar-refractivity contribution >= 4 is 16.9 Å². The van der Waals surface area contributed by atoms with Gasteiger partial charge in [-0.3, -0.25) is 4.57 Å². The molecular weight excluding hydrogens is 318 g/mol. The number of nitrogens with one attached hydrogen (secondary N) is 2. The number of anilines is 1. The normalized spacial score (nSPS) is 12.0. The molecule has 7 nitrogen and oxygen atoms in total. The predicted octanol–water partition coefficient (Wildman–Crippen LogP) is 2.65. The molecule has 25 heavy (non-hydrogen) atoms. The number of nitrogen functional groups attached to an aromatic ring is 1. The van der Waals surface area contributed by atoms with Gasteiger partial charge in [-0.25, -0.2) is 4.79 Å². The molecule has 0 saturated carbocycles. The molecule has 2 aromatic rings. The highest BCUT2D eigenvalue weighted by atomic mass is 16.5. The highest BCUT2D eigenvalue weighted by molar-refractivity contribution is 5.85. The summed E-state index contributed by atoms with van der Waals surface area (Å²) < 4.78 is 7.37. The van der Waals surface area contributed by atoms with E-state index in [1.807, 2.05) is 0 Å². The zero-order chi connectivity index (χ0) is 18.4. The van der Waals surface area contributed by atoms with E-state index < -0.39 is 0 Å². The number of aromatic nitrogens is 3. The number of aryl methyl sites for hydroxylation is 1. The van der Waals surface area contributed by atoms with Crippen molar-refractivity contribution in [2.75, 3.05) is 18.9 Å². The first kappa shape index (κ1) is 19.3. The molecule has 0 aliphatic rings. The van der Waals surface area contributed by atoms with Crippen LogP contribution < -0.4 is 21.5 Å². The summed E-state index contributed by atoms with van der Waals surface area (Å²) in [7, 11) is 0. The van der Waals surface area contributed by atoms with Crippen molar-refractivity contribution in [3.8, 4) is 5.88 Å². The van der Waals surface area contributed by atoms with Gasteiger partial charge in [-0.2, -0.15) is 4.98 Å². The first-order valence-electron chi connectivity index (χ1n) is 9.08. The Morgan fingerprint density at radius 3 is 2.76 bits per heavy atom. The molecule has 4 N–H and O–H groups in total. The van der Waals surface area contributed by atoms with Crippen molar-refractivity contribution in [2.24, 2.45) is 0 Å². The molecule has 0 saturated heterocycles. The van der Waals surface area contributed by atoms with E-state index in [-0.39, 0.29) is 11.2 Å². The maximum Gasteiger partial charge on any atom is 0.326 e. The van der Waals surface area contributed by atoms with Crippen molar-refractivity contribution in [3.05, 3.63) is 16.6 Å². The van der Waals surface area contributed by atoms with Crippen LogP contribution in [0, 0.1) is 0 Å². The summed E-state index contributed by atoms with van der Waals surface area (Å²) in [5.74, 6) is 0.773. The van der Waals surface area contributed by atoms with Gasteiger partial charge in [0.1, 0.15) is 5.52 Å². The third kappa shape index (κ3) is 5.49. The van der Waals surface area contributed by atoms with Crippen LogP contribution in [0.1, 0.15) is 53.4 Å². The van der Waals surface area contributed by atoms with Crippen LogP contribution in [0.4, 0.5) is 5.82 Å². The van der Waals surface area contributed by atoms with Gasteiger partial charge >= 0.3 is 5.69 Å². The van der Waals surface area contributed by atoms with Gasteiger partial charge in [-0.1, -0.05) is 13.3 Å². The van der Waals surface area contributed by atoms with Crippen molar-refractivity contribution in [2.45, 2.75) is 65.5 Å². The summed E-state index contributed by atoms with van der Waals surface area (Å²) in [6.45, 7) is 10.7. The van der Waals surface area contributed by atoms with E-state index in [2.05, 4.69) is 43.0 Å². The SMILES string of the molecule is CCCCOc1cc2c([nH]c(=O)n2CCCCNC(C)(C)C)c(N)n1. The number of hydrogen-bond acceptors (Lipinski definition) is 5. The third-order valence-corrected chi connectivity index (χ3v) is 3.98. The molecule has 2 heterocycles. The Bertz CT molecular complexity index is 742. The van der Waals surface area contributed by atoms with Crippen LogP contribution in [-0.2, 0) is 6.54 Å². The number of H-pyrrole nitrogens is 1. The summed E-state index contributed by atoms with van der Waals surface area (Å²) in [5, 5.41) is 3.46. The Balaban J connectivity index is 2.08. The number of rotatable bonds is 9. The minimum Gasteiger partial charge on any atom is -0.478 e. The molecule has 0 amide bonds. The van der Waals surface area contributed by atoms with Gasteiger partial charge in [0.05, 0.1) is 12.1 Å². The van der Waals surface area contributed by atoms with Crippen molar-refractivity contribution in [1.82, 2.24) is 19.9 Å². The van der Waals surface area contributed by atoms with Crippen LogP contribution >= 0.6 is 0 Å². The quantitative estimate of drug-likeness (QED) is 0.605. The highest BCUT2D eigenvalue weighted by Crippen LogP contribution is 2.22. The molecule has 7 heteroatoms. The smallest absolute Gasteiger partial charge is 0.326 e. The van der Waals surface area contributed by atoms with Crippen LogP contribution in [0.2, 0.25) is 0 Å². The summed E-state index contributed by atoms with van der Waals surface area (Å²) in [6, 6.07) is 1.80. The standard InChI is InChI=1S/C18H31N5O2/c1-5-6-11-25-14-12-13-15(16(19)21-14)22-17(24)23(13)10-8-7-9-20-18(2,3)4/h12,20H,5-11H2,1-4H3,(H2,19,21)(H,22,24). The molecule has 0 aromatic carbocycles. The van der Waals surface area contributed by atoms with Crippen molar-refractivity contribution in [1.29, 1.82) is 0 Å². The van der Waals surface area contributed by atoms with E-state index in [1.165, 1.54) is 0 Å². The Hall–Kier alpha value is -2.02. The molecule has 0 bridgehead atoms. The van der Waals surface area contributed by atoms with E-state index in [9.17, 15) is 4.79 Å². The largest absolute Gasteiger partial charge is 0.478 e. The number of nitrogens with zero attached hydrogens (tertiary/aromatic N) is 2. The third-order valence-electron chi connectivity index (χ3n) is 3.98. The molecule has 0 aliphatic carbocycles. The summed E-state index contributed by atoms with van der Waals surface area (Å²) in [6.07, 6.45) is 3.91. The van der Waals surface area contributed by atoms with Crippen molar-refractivity contribution in [3.63, 3.8) is 0 Å². The number of nitrogens with two attached hydrogens (primary N) is 1. The molecule has 2 rings (SSSR count). The maximum absolute atomic E-state index is 12.3. The molecule has 2 aromatic heterocycles. The first-order chi connectivity index (χ1) is 11.8. The van der Waals surface area contributed by atoms with E-state index in [0.717, 1.165) is 37.7 Å². The van der Waals surface area contributed by atoms with Crippen LogP contribution in [-0.4, -0.2) is 33.2 Å². The Labute approximate surface area is 149 Å². The van der Waals surface area contributed by atoms with Crippen molar-refractivity contribution < 1.29 is 4.74 Å². The number of fused-ring (bicyclic) bond motifs is 1. The second-order valence-electron chi connectivity index (χ2n) is 7.41. The lowest BCUT2D eigenvalue weighted by atomic mass is 10.1. The Morgan fingerprint density at radius 1 is 1.32 bits per heavy atom. The van der Waals surface area contributed by atoms with Gasteiger partial charge in [0.2, 0.25) is 5.88 Å². The minimum absolute atomic E-state index is 0.114. The van der Waals surface area contributed by atoms with Crippen LogP contribution in [0.5, 0.6) is 5.88 Å². The van der Waals surface area contributed by atoms with E-state index in [1.54, 1.807) is 10.6 Å². The first-order valence-corrected chi connectivity index (χ1v) is 9.08. The molecule has 0 radical (unpaired) electrons. The van der Waals surface area contributed by atoms with Crippen LogP contribution in [0.25, 0.3) is 11.0 Å². The molecule has 0 fully saturated rings. The number of aromatic amines is 1. The number of ether oxygens (including phenoxy) is 1. The number of imidazole rings is 1. The van der Waals surface area contributed by atoms with Crippen LogP contribution in [0.15, 0.2) is 10.9 Å². The minimum atomic E-state index is -0.155. The Morgan fingerprint density at radius 2 is 2.08 bits per heavy atom. The monoisotopic (exact) mass is 349 g/mol. The summed E-state index contributed by atoms with van der Waals surface area (Å²) in [5.41, 5.74) is 7.28. The maximum atomic E-state index is 12.3. The molecule has 0 aliphatic heterocycles. The Kier molecular flexibility index (Phi) is 6.47. The number of pyridine rings is 1. The fourth-order valence-corrected chi connectivity index (χ4v) is 2.63. The lowest BCUT2D eigenvalue weighted by Gasteiger charge is -2.20. The van der Waals surface area contributed by atoms with Gasteiger partial charge in [-0.05, 0) is 46.6 Å². The highest BCUT2D eigenvalue weighted by Gasteiger charge is 2.13. The number of hydrogen-bond donors (Lipinski definition) is 3.